The van der Waals surface area contributed by atoms with Gasteiger partial charge in [-0.3, -0.25) is 4.40 Å². The Bertz CT molecular complexity index is 881. The van der Waals surface area contributed by atoms with Crippen LogP contribution >= 0.6 is 11.3 Å². The average Bonchev–Trinajstić information content (AvgIpc) is 3.00. The molecule has 3 heterocycles. The van der Waals surface area contributed by atoms with Crippen LogP contribution in [0.25, 0.3) is 4.96 Å². The van der Waals surface area contributed by atoms with Crippen molar-refractivity contribution < 1.29 is 16.8 Å². The predicted molar refractivity (Wildman–Crippen MR) is 79.4 cm³/mol. The molecule has 0 aromatic carbocycles. The Hall–Kier alpha value is -1.17. The summed E-state index contributed by atoms with van der Waals surface area (Å²) in [7, 11) is -6.86. The molecule has 0 bridgehead atoms. The zero-order chi connectivity index (χ0) is 15.3. The molecule has 2 aromatic rings. The van der Waals surface area contributed by atoms with Crippen LogP contribution < -0.4 is 10.5 Å². The van der Waals surface area contributed by atoms with Gasteiger partial charge in [0.05, 0.1) is 11.5 Å². The first kappa shape index (κ1) is 14.8. The number of sulfonamides is 1. The summed E-state index contributed by atoms with van der Waals surface area (Å²) in [5.74, 6) is -0.126. The number of rotatable bonds is 4. The Morgan fingerprint density at radius 1 is 1.52 bits per heavy atom. The summed E-state index contributed by atoms with van der Waals surface area (Å²) in [5.41, 5.74) is 5.67. The number of imidazole rings is 1. The second kappa shape index (κ2) is 4.93. The van der Waals surface area contributed by atoms with Gasteiger partial charge in [0.25, 0.3) is 10.0 Å². The van der Waals surface area contributed by atoms with Crippen molar-refractivity contribution in [2.24, 2.45) is 5.92 Å². The highest BCUT2D eigenvalue weighted by molar-refractivity contribution is 7.91. The first-order chi connectivity index (χ1) is 9.78. The number of hydrogen-bond acceptors (Lipinski definition) is 7. The number of nitrogens with one attached hydrogen (secondary N) is 1. The Morgan fingerprint density at radius 3 is 2.95 bits per heavy atom. The quantitative estimate of drug-likeness (QED) is 0.779. The molecule has 1 aliphatic heterocycles. The van der Waals surface area contributed by atoms with Crippen molar-refractivity contribution in [3.8, 4) is 0 Å². The molecule has 0 radical (unpaired) electrons. The highest BCUT2D eigenvalue weighted by Gasteiger charge is 2.30. The molecule has 11 heteroatoms. The van der Waals surface area contributed by atoms with Crippen LogP contribution in [0.5, 0.6) is 0 Å². The van der Waals surface area contributed by atoms with E-state index >= 15 is 0 Å². The van der Waals surface area contributed by atoms with Crippen molar-refractivity contribution in [1.82, 2.24) is 14.1 Å². The lowest BCUT2D eigenvalue weighted by Gasteiger charge is -2.10. The zero-order valence-corrected chi connectivity index (χ0v) is 13.3. The van der Waals surface area contributed by atoms with E-state index in [1.807, 2.05) is 0 Å². The van der Waals surface area contributed by atoms with Gasteiger partial charge in [0, 0.05) is 18.1 Å². The molecule has 2 aromatic heterocycles. The first-order valence-corrected chi connectivity index (χ1v) is 10.4. The summed E-state index contributed by atoms with van der Waals surface area (Å²) in [5, 5.41) is 1.62. The molecule has 0 amide bonds. The first-order valence-electron chi connectivity index (χ1n) is 6.20. The topological polar surface area (TPSA) is 124 Å². The summed E-state index contributed by atoms with van der Waals surface area (Å²) >= 11 is 1.28. The minimum absolute atomic E-state index is 0.0191. The summed E-state index contributed by atoms with van der Waals surface area (Å²) in [6, 6.07) is 0. The molecule has 0 saturated carbocycles. The third-order valence-corrected chi connectivity index (χ3v) is 7.44. The van der Waals surface area contributed by atoms with Crippen LogP contribution in [0.4, 0.5) is 5.82 Å². The van der Waals surface area contributed by atoms with Crippen molar-refractivity contribution in [1.29, 1.82) is 0 Å². The van der Waals surface area contributed by atoms with Gasteiger partial charge in [-0.25, -0.2) is 26.5 Å². The molecule has 116 valence electrons. The summed E-state index contributed by atoms with van der Waals surface area (Å²) in [4.78, 5) is 4.48. The van der Waals surface area contributed by atoms with Gasteiger partial charge in [0.15, 0.2) is 25.6 Å². The maximum Gasteiger partial charge on any atom is 0.260 e. The molecule has 1 atom stereocenters. The van der Waals surface area contributed by atoms with E-state index in [4.69, 9.17) is 5.73 Å². The maximum atomic E-state index is 12.3. The van der Waals surface area contributed by atoms with Gasteiger partial charge in [0.2, 0.25) is 0 Å². The number of anilines is 1. The fourth-order valence-electron chi connectivity index (χ4n) is 2.38. The van der Waals surface area contributed by atoms with Crippen LogP contribution in [0.3, 0.4) is 0 Å². The molecular formula is C10H14N4O4S3. The third-order valence-electron chi connectivity index (χ3n) is 3.39. The normalized spacial score (nSPS) is 22.0. The van der Waals surface area contributed by atoms with Crippen LogP contribution in [0.2, 0.25) is 0 Å². The van der Waals surface area contributed by atoms with Crippen molar-refractivity contribution in [2.45, 2.75) is 11.4 Å². The van der Waals surface area contributed by atoms with Gasteiger partial charge in [-0.05, 0) is 12.3 Å². The maximum absolute atomic E-state index is 12.3. The van der Waals surface area contributed by atoms with Crippen molar-refractivity contribution in [2.75, 3.05) is 23.8 Å². The monoisotopic (exact) mass is 350 g/mol. The fourth-order valence-corrected chi connectivity index (χ4v) is 6.34. The Morgan fingerprint density at radius 2 is 2.29 bits per heavy atom. The van der Waals surface area contributed by atoms with Crippen LogP contribution in [0.1, 0.15) is 6.42 Å². The molecule has 21 heavy (non-hydrogen) atoms. The van der Waals surface area contributed by atoms with Crippen molar-refractivity contribution in [3.63, 3.8) is 0 Å². The lowest BCUT2D eigenvalue weighted by Crippen LogP contribution is -2.31. The molecule has 1 aliphatic rings. The number of aromatic nitrogens is 2. The number of nitrogens with zero attached hydrogens (tertiary/aromatic N) is 2. The molecule has 3 rings (SSSR count). The Labute approximate surface area is 126 Å². The van der Waals surface area contributed by atoms with Crippen molar-refractivity contribution in [3.05, 3.63) is 11.6 Å². The summed E-state index contributed by atoms with van der Waals surface area (Å²) in [6.07, 6.45) is 2.05. The van der Waals surface area contributed by atoms with E-state index in [2.05, 4.69) is 9.71 Å². The van der Waals surface area contributed by atoms with Gasteiger partial charge in [0.1, 0.15) is 0 Å². The van der Waals surface area contributed by atoms with Gasteiger partial charge < -0.3 is 5.73 Å². The van der Waals surface area contributed by atoms with Crippen LogP contribution in [-0.2, 0) is 19.9 Å². The minimum Gasteiger partial charge on any atom is -0.381 e. The SMILES string of the molecule is Nc1nc2sccn2c1S(=O)(=O)NCC1CCS(=O)(=O)C1. The Balaban J connectivity index is 1.81. The number of sulfone groups is 1. The second-order valence-corrected chi connectivity index (χ2v) is 9.76. The number of nitrogens with two attached hydrogens (primary N) is 1. The summed E-state index contributed by atoms with van der Waals surface area (Å²) in [6.45, 7) is 0.0817. The van der Waals surface area contributed by atoms with Crippen molar-refractivity contribution >= 4 is 42.0 Å². The van der Waals surface area contributed by atoms with Gasteiger partial charge in [-0.2, -0.15) is 0 Å². The molecule has 0 aliphatic carbocycles. The number of thiazole rings is 1. The molecular weight excluding hydrogens is 336 g/mol. The highest BCUT2D eigenvalue weighted by atomic mass is 32.2. The minimum atomic E-state index is -3.83. The van der Waals surface area contributed by atoms with E-state index in [1.165, 1.54) is 15.7 Å². The van der Waals surface area contributed by atoms with Gasteiger partial charge in [-0.15, -0.1) is 11.3 Å². The van der Waals surface area contributed by atoms with E-state index < -0.39 is 19.9 Å². The Kier molecular flexibility index (Phi) is 3.47. The lowest BCUT2D eigenvalue weighted by molar-refractivity contribution is 0.540. The van der Waals surface area contributed by atoms with Crippen LogP contribution in [-0.4, -0.2) is 44.3 Å². The standard InChI is InChI=1S/C10H14N4O4S3/c11-8-9(14-2-3-19-10(14)13-8)21(17,18)12-5-7-1-4-20(15,16)6-7/h2-3,7,12H,1,4-6,11H2. The fraction of sp³-hybridized carbons (Fsp3) is 0.500. The van der Waals surface area contributed by atoms with Crippen LogP contribution in [0.15, 0.2) is 16.6 Å². The molecule has 1 fully saturated rings. The second-order valence-electron chi connectivity index (χ2n) is 4.98. The van der Waals surface area contributed by atoms with Gasteiger partial charge >= 0.3 is 0 Å². The summed E-state index contributed by atoms with van der Waals surface area (Å²) < 4.78 is 51.3. The molecule has 1 unspecified atom stereocenters. The van der Waals surface area contributed by atoms with E-state index in [0.717, 1.165) is 0 Å². The lowest BCUT2D eigenvalue weighted by atomic mass is 10.1. The number of nitrogen functional groups attached to an aromatic ring is 1. The molecule has 0 spiro atoms. The molecule has 1 saturated heterocycles. The van der Waals surface area contributed by atoms with E-state index in [1.54, 1.807) is 11.6 Å². The van der Waals surface area contributed by atoms with E-state index in [-0.39, 0.29) is 34.8 Å². The van der Waals surface area contributed by atoms with Crippen LogP contribution in [0, 0.1) is 5.92 Å². The van der Waals surface area contributed by atoms with Gasteiger partial charge in [-0.1, -0.05) is 0 Å². The zero-order valence-electron chi connectivity index (χ0n) is 10.9. The number of fused-ring (bicyclic) bond motifs is 1. The largest absolute Gasteiger partial charge is 0.381 e. The predicted octanol–water partition coefficient (Wildman–Crippen LogP) is -0.309. The highest BCUT2D eigenvalue weighted by Crippen LogP contribution is 2.24. The molecule has 3 N–H and O–H groups in total. The molecule has 8 nitrogen and oxygen atoms in total. The van der Waals surface area contributed by atoms with E-state index in [0.29, 0.717) is 11.4 Å². The average molecular weight is 350 g/mol. The third kappa shape index (κ3) is 2.78. The smallest absolute Gasteiger partial charge is 0.260 e. The number of hydrogen-bond donors (Lipinski definition) is 2. The van der Waals surface area contributed by atoms with E-state index in [9.17, 15) is 16.8 Å².